The third-order valence-electron chi connectivity index (χ3n) is 3.60. The van der Waals surface area contributed by atoms with Gasteiger partial charge in [0.2, 0.25) is 0 Å². The number of aliphatic carboxylic acids is 1. The third kappa shape index (κ3) is 16.8. The molecule has 0 amide bonds. The fourth-order valence-corrected chi connectivity index (χ4v) is 2.27. The molecule has 0 aromatic heterocycles. The van der Waals surface area contributed by atoms with Gasteiger partial charge in [-0.25, -0.2) is 0 Å². The summed E-state index contributed by atoms with van der Waals surface area (Å²) in [5, 5.41) is 13.3. The summed E-state index contributed by atoms with van der Waals surface area (Å²) in [4.78, 5) is 27.8. The molecular weight excluding hydrogens is 474 g/mol. The number of hydrogen-bond donors (Lipinski definition) is 1. The summed E-state index contributed by atoms with van der Waals surface area (Å²) in [6.45, 7) is 16.5. The van der Waals surface area contributed by atoms with Gasteiger partial charge in [0.25, 0.3) is 0 Å². The average Bonchev–Trinajstić information content (AvgIpc) is 2.54. The van der Waals surface area contributed by atoms with Crippen molar-refractivity contribution in [3.63, 3.8) is 0 Å². The number of likely N-dealkylation sites (N-methyl/N-ethyl adjacent to an activating group) is 1. The number of hydrogen-bond acceptors (Lipinski definition) is 5. The van der Waals surface area contributed by atoms with Crippen molar-refractivity contribution in [1.29, 1.82) is 0 Å². The second-order valence-electron chi connectivity index (χ2n) is 5.08. The topological polar surface area (TPSA) is 78.2 Å². The summed E-state index contributed by atoms with van der Waals surface area (Å²) in [6.07, 6.45) is 0.933. The van der Waals surface area contributed by atoms with Crippen molar-refractivity contribution in [2.45, 2.75) is 6.92 Å². The third-order valence-corrected chi connectivity index (χ3v) is 3.60. The largest absolute Gasteiger partial charge is 0.686 e. The van der Waals surface area contributed by atoms with E-state index in [1.165, 1.54) is 0 Å². The zero-order chi connectivity index (χ0) is 17.5. The molecule has 1 aliphatic heterocycles. The predicted octanol–water partition coefficient (Wildman–Crippen LogP) is 0.542. The molecule has 1 saturated heterocycles. The zero-order valence-electron chi connectivity index (χ0n) is 15.3. The van der Waals surface area contributed by atoms with Crippen LogP contribution < -0.4 is 0 Å². The summed E-state index contributed by atoms with van der Waals surface area (Å²) in [5.74, 6) is -0.821. The number of aldehydes is 1. The molecule has 1 heterocycles. The number of carboxylic acids is 1. The van der Waals surface area contributed by atoms with Crippen LogP contribution in [0.4, 0.5) is 0 Å². The Balaban J connectivity index is -0.00000116. The standard InChI is InChI=1S/C14H26N4O3.C2H4.2Y/c1-2-16-7-9-17(11-12-19)5-3-15-4-6-18(10-8-16)13-14(20)21;1-2;;/h6,12H,2-5,7-11,13H2,1H3,(H,20,21);1-2H2;;/q-2;;;. The van der Waals surface area contributed by atoms with Crippen LogP contribution in [0, 0.1) is 6.54 Å². The monoisotopic (exact) mass is 504 g/mol. The molecule has 0 bridgehead atoms. The van der Waals surface area contributed by atoms with Crippen LogP contribution in [0.3, 0.4) is 0 Å². The van der Waals surface area contributed by atoms with E-state index >= 15 is 0 Å². The molecule has 0 aliphatic carbocycles. The zero-order valence-corrected chi connectivity index (χ0v) is 21.0. The SMILES string of the molecule is C=C.CCN1CCN(CC(=O)O)[CH-]C[N-]CCN(CC=O)CC1.[Y].[Y]. The number of carbonyl (C=O) groups is 2. The van der Waals surface area contributed by atoms with E-state index in [9.17, 15) is 9.59 Å². The number of carboxylic acid groups (broad SMARTS) is 1. The van der Waals surface area contributed by atoms with Crippen LogP contribution in [-0.4, -0.2) is 97.5 Å². The molecule has 0 saturated carbocycles. The van der Waals surface area contributed by atoms with Crippen molar-refractivity contribution in [2.24, 2.45) is 0 Å². The van der Waals surface area contributed by atoms with E-state index in [-0.39, 0.29) is 72.0 Å². The van der Waals surface area contributed by atoms with E-state index in [2.05, 4.69) is 35.2 Å². The Hall–Kier alpha value is 0.928. The minimum Gasteiger partial charge on any atom is -0.686 e. The predicted molar refractivity (Wildman–Crippen MR) is 92.5 cm³/mol. The number of rotatable bonds is 5. The molecule has 7 nitrogen and oxygen atoms in total. The molecule has 1 rings (SSSR count). The van der Waals surface area contributed by atoms with E-state index in [1.54, 1.807) is 0 Å². The summed E-state index contributed by atoms with van der Waals surface area (Å²) < 4.78 is 0. The van der Waals surface area contributed by atoms with Crippen LogP contribution in [0.5, 0.6) is 0 Å². The molecule has 140 valence electrons. The van der Waals surface area contributed by atoms with Crippen LogP contribution in [0.2, 0.25) is 0 Å². The van der Waals surface area contributed by atoms with E-state index in [1.807, 2.05) is 11.4 Å². The molecule has 0 aromatic carbocycles. The summed E-state index contributed by atoms with van der Waals surface area (Å²) >= 11 is 0. The first kappa shape index (κ1) is 30.6. The number of nitrogens with zero attached hydrogens (tertiary/aromatic N) is 4. The minimum absolute atomic E-state index is 0. The Morgan fingerprint density at radius 3 is 2.32 bits per heavy atom. The van der Waals surface area contributed by atoms with Crippen LogP contribution in [0.15, 0.2) is 13.2 Å². The van der Waals surface area contributed by atoms with Crippen molar-refractivity contribution in [1.82, 2.24) is 14.7 Å². The van der Waals surface area contributed by atoms with Crippen LogP contribution in [0.25, 0.3) is 5.32 Å². The van der Waals surface area contributed by atoms with Gasteiger partial charge < -0.3 is 25.0 Å². The molecule has 25 heavy (non-hydrogen) atoms. The van der Waals surface area contributed by atoms with Crippen molar-refractivity contribution < 1.29 is 80.1 Å². The molecule has 0 aromatic rings. The Kier molecular flexibility index (Phi) is 26.0. The molecule has 0 spiro atoms. The van der Waals surface area contributed by atoms with Gasteiger partial charge in [-0.1, -0.05) is 6.92 Å². The fraction of sp³-hybridized carbons (Fsp3) is 0.688. The molecule has 2 radical (unpaired) electrons. The first-order valence-corrected chi connectivity index (χ1v) is 7.96. The normalized spacial score (nSPS) is 18.1. The Morgan fingerprint density at radius 1 is 1.16 bits per heavy atom. The maximum absolute atomic E-state index is 10.9. The molecule has 1 N–H and O–H groups in total. The molecular formula is C16H30N4O3Y2-2. The van der Waals surface area contributed by atoms with Crippen molar-refractivity contribution in [3.8, 4) is 0 Å². The van der Waals surface area contributed by atoms with Gasteiger partial charge >= 0.3 is 5.97 Å². The molecule has 9 heteroatoms. The average molecular weight is 504 g/mol. The van der Waals surface area contributed by atoms with E-state index in [4.69, 9.17) is 5.11 Å². The maximum Gasteiger partial charge on any atom is 0.315 e. The van der Waals surface area contributed by atoms with Crippen LogP contribution in [-0.2, 0) is 75.0 Å². The van der Waals surface area contributed by atoms with Gasteiger partial charge in [0, 0.05) is 85.1 Å². The Labute approximate surface area is 202 Å². The van der Waals surface area contributed by atoms with Crippen LogP contribution in [0.1, 0.15) is 6.92 Å². The second-order valence-corrected chi connectivity index (χ2v) is 5.08. The van der Waals surface area contributed by atoms with Crippen molar-refractivity contribution in [2.75, 3.05) is 65.4 Å². The first-order chi connectivity index (χ1) is 11.2. The summed E-state index contributed by atoms with van der Waals surface area (Å²) in [7, 11) is 0. The first-order valence-electron chi connectivity index (χ1n) is 7.96. The minimum atomic E-state index is -0.821. The smallest absolute Gasteiger partial charge is 0.315 e. The Morgan fingerprint density at radius 2 is 1.76 bits per heavy atom. The quantitative estimate of drug-likeness (QED) is 0.335. The second kappa shape index (κ2) is 21.2. The van der Waals surface area contributed by atoms with E-state index in [0.717, 1.165) is 39.0 Å². The molecule has 1 aliphatic rings. The van der Waals surface area contributed by atoms with Gasteiger partial charge in [-0.3, -0.25) is 22.8 Å². The van der Waals surface area contributed by atoms with E-state index < -0.39 is 5.97 Å². The van der Waals surface area contributed by atoms with Gasteiger partial charge in [-0.2, -0.15) is 0 Å². The maximum atomic E-state index is 10.9. The van der Waals surface area contributed by atoms with Crippen molar-refractivity contribution >= 4 is 12.3 Å². The summed E-state index contributed by atoms with van der Waals surface area (Å²) in [5.41, 5.74) is 0. The van der Waals surface area contributed by atoms with Crippen molar-refractivity contribution in [3.05, 3.63) is 25.0 Å². The van der Waals surface area contributed by atoms with Crippen LogP contribution >= 0.6 is 0 Å². The van der Waals surface area contributed by atoms with Gasteiger partial charge in [-0.05, 0) is 19.6 Å². The molecule has 1 fully saturated rings. The van der Waals surface area contributed by atoms with E-state index in [0.29, 0.717) is 26.2 Å². The Bertz CT molecular complexity index is 339. The fourth-order valence-electron chi connectivity index (χ4n) is 2.27. The van der Waals surface area contributed by atoms with Gasteiger partial charge in [0.05, 0.1) is 13.1 Å². The van der Waals surface area contributed by atoms with Gasteiger partial charge in [0.15, 0.2) is 0 Å². The molecule has 0 atom stereocenters. The van der Waals surface area contributed by atoms with Gasteiger partial charge in [0.1, 0.15) is 6.29 Å². The van der Waals surface area contributed by atoms with Gasteiger partial charge in [-0.15, -0.1) is 19.7 Å². The molecule has 0 unspecified atom stereocenters. The summed E-state index contributed by atoms with van der Waals surface area (Å²) in [6, 6.07) is 0. The number of carbonyl (C=O) groups excluding carboxylic acids is 1.